The zero-order chi connectivity index (χ0) is 17.8. The van der Waals surface area contributed by atoms with E-state index in [0.717, 1.165) is 16.6 Å². The highest BCUT2D eigenvalue weighted by molar-refractivity contribution is 5.88. The molecule has 0 aliphatic rings. The van der Waals surface area contributed by atoms with Gasteiger partial charge >= 0.3 is 0 Å². The van der Waals surface area contributed by atoms with Crippen molar-refractivity contribution in [2.45, 2.75) is 0 Å². The van der Waals surface area contributed by atoms with Crippen LogP contribution in [0.2, 0.25) is 0 Å². The Bertz CT molecular complexity index is 1060. The second-order valence-corrected chi connectivity index (χ2v) is 5.35. The van der Waals surface area contributed by atoms with Gasteiger partial charge < -0.3 is 4.74 Å². The number of nitrogens with one attached hydrogen (secondary N) is 1. The maximum Gasteiger partial charge on any atom is 0.213 e. The van der Waals surface area contributed by atoms with E-state index in [1.165, 1.54) is 6.33 Å². The lowest BCUT2D eigenvalue weighted by atomic mass is 10.3. The molecular weight excluding hydrogens is 330 g/mol. The number of anilines is 1. The molecule has 0 bridgehead atoms. The Morgan fingerprint density at radius 3 is 2.85 bits per heavy atom. The first kappa shape index (κ1) is 15.7. The molecule has 0 aliphatic heterocycles. The van der Waals surface area contributed by atoms with Crippen molar-refractivity contribution in [3.05, 3.63) is 66.7 Å². The summed E-state index contributed by atoms with van der Waals surface area (Å²) in [5.41, 5.74) is 5.43. The van der Waals surface area contributed by atoms with Crippen molar-refractivity contribution in [3.63, 3.8) is 0 Å². The van der Waals surface area contributed by atoms with Crippen LogP contribution in [0.5, 0.6) is 5.88 Å². The number of pyridine rings is 1. The maximum absolute atomic E-state index is 5.10. The first-order chi connectivity index (χ1) is 12.8. The lowest BCUT2D eigenvalue weighted by Crippen LogP contribution is -1.99. The number of hydrogen-bond acceptors (Lipinski definition) is 7. The van der Waals surface area contributed by atoms with Crippen LogP contribution in [0.25, 0.3) is 16.7 Å². The summed E-state index contributed by atoms with van der Waals surface area (Å²) in [5.74, 6) is 1.11. The maximum atomic E-state index is 5.10. The lowest BCUT2D eigenvalue weighted by Gasteiger charge is -2.03. The predicted molar refractivity (Wildman–Crippen MR) is 98.7 cm³/mol. The summed E-state index contributed by atoms with van der Waals surface area (Å²) in [6.45, 7) is 0. The summed E-state index contributed by atoms with van der Waals surface area (Å²) in [7, 11) is 1.57. The number of hydrogen-bond donors (Lipinski definition) is 1. The van der Waals surface area contributed by atoms with Gasteiger partial charge in [0.25, 0.3) is 0 Å². The van der Waals surface area contributed by atoms with Gasteiger partial charge in [-0.2, -0.15) is 10.2 Å². The molecule has 8 heteroatoms. The molecule has 3 heterocycles. The van der Waals surface area contributed by atoms with Crippen molar-refractivity contribution in [3.8, 4) is 11.6 Å². The average Bonchev–Trinajstić information content (AvgIpc) is 3.14. The number of fused-ring (bicyclic) bond motifs is 1. The van der Waals surface area contributed by atoms with Gasteiger partial charge in [-0.15, -0.1) is 0 Å². The van der Waals surface area contributed by atoms with Crippen LogP contribution in [0.15, 0.2) is 66.3 Å². The van der Waals surface area contributed by atoms with Crippen molar-refractivity contribution >= 4 is 23.1 Å². The minimum atomic E-state index is 0.530. The van der Waals surface area contributed by atoms with Gasteiger partial charge in [-0.05, 0) is 18.2 Å². The summed E-state index contributed by atoms with van der Waals surface area (Å²) in [6, 6.07) is 13.4. The molecular formula is C18H15N7O. The van der Waals surface area contributed by atoms with E-state index in [4.69, 9.17) is 4.74 Å². The van der Waals surface area contributed by atoms with Gasteiger partial charge in [0.15, 0.2) is 11.5 Å². The van der Waals surface area contributed by atoms with Crippen LogP contribution in [-0.2, 0) is 0 Å². The smallest absolute Gasteiger partial charge is 0.213 e. The Hall–Kier alpha value is -3.81. The molecule has 0 aliphatic carbocycles. The SMILES string of the molecule is COc1cc(/C=N/Nc2ncnc3c2cnn3-c2ccccc2)ccn1. The largest absolute Gasteiger partial charge is 0.481 e. The molecule has 4 aromatic rings. The fourth-order valence-electron chi connectivity index (χ4n) is 2.48. The third-order valence-electron chi connectivity index (χ3n) is 3.72. The highest BCUT2D eigenvalue weighted by Gasteiger charge is 2.10. The number of hydrazone groups is 1. The minimum absolute atomic E-state index is 0.530. The molecule has 0 saturated carbocycles. The van der Waals surface area contributed by atoms with E-state index >= 15 is 0 Å². The van der Waals surface area contributed by atoms with E-state index in [-0.39, 0.29) is 0 Å². The van der Waals surface area contributed by atoms with Crippen LogP contribution in [0.3, 0.4) is 0 Å². The number of benzene rings is 1. The van der Waals surface area contributed by atoms with Crippen LogP contribution >= 0.6 is 0 Å². The number of methoxy groups -OCH3 is 1. The third-order valence-corrected chi connectivity index (χ3v) is 3.72. The van der Waals surface area contributed by atoms with Gasteiger partial charge in [0, 0.05) is 17.8 Å². The highest BCUT2D eigenvalue weighted by atomic mass is 16.5. The average molecular weight is 345 g/mol. The molecule has 0 spiro atoms. The molecule has 26 heavy (non-hydrogen) atoms. The first-order valence-corrected chi connectivity index (χ1v) is 7.88. The van der Waals surface area contributed by atoms with Crippen LogP contribution in [-0.4, -0.2) is 38.1 Å². The van der Waals surface area contributed by atoms with E-state index in [9.17, 15) is 0 Å². The van der Waals surface area contributed by atoms with Crippen molar-refractivity contribution in [2.75, 3.05) is 12.5 Å². The topological polar surface area (TPSA) is 90.1 Å². The minimum Gasteiger partial charge on any atom is -0.481 e. The zero-order valence-electron chi connectivity index (χ0n) is 13.9. The molecule has 0 fully saturated rings. The summed E-state index contributed by atoms with van der Waals surface area (Å²) < 4.78 is 6.86. The van der Waals surface area contributed by atoms with E-state index in [2.05, 4.69) is 30.6 Å². The van der Waals surface area contributed by atoms with Gasteiger partial charge in [0.05, 0.1) is 30.6 Å². The summed E-state index contributed by atoms with van der Waals surface area (Å²) >= 11 is 0. The van der Waals surface area contributed by atoms with Crippen molar-refractivity contribution < 1.29 is 4.74 Å². The third kappa shape index (κ3) is 3.07. The standard InChI is InChI=1S/C18H15N7O/c1-26-16-9-13(7-8-19-16)10-22-24-17-15-11-23-25(18(15)21-12-20-17)14-5-3-2-4-6-14/h2-12H,1H3,(H,20,21,24)/b22-10+. The molecule has 0 radical (unpaired) electrons. The van der Waals surface area contributed by atoms with Crippen molar-refractivity contribution in [1.29, 1.82) is 0 Å². The lowest BCUT2D eigenvalue weighted by molar-refractivity contribution is 0.398. The van der Waals surface area contributed by atoms with Gasteiger partial charge in [0.2, 0.25) is 5.88 Å². The molecule has 0 saturated heterocycles. The summed E-state index contributed by atoms with van der Waals surface area (Å²) in [5, 5.41) is 9.42. The summed E-state index contributed by atoms with van der Waals surface area (Å²) in [4.78, 5) is 12.7. The van der Waals surface area contributed by atoms with Crippen LogP contribution < -0.4 is 10.2 Å². The van der Waals surface area contributed by atoms with E-state index in [1.54, 1.807) is 36.5 Å². The molecule has 0 unspecified atom stereocenters. The summed E-state index contributed by atoms with van der Waals surface area (Å²) in [6.07, 6.45) is 6.53. The van der Waals surface area contributed by atoms with Gasteiger partial charge in [-0.1, -0.05) is 18.2 Å². The quantitative estimate of drug-likeness (QED) is 0.442. The normalized spacial score (nSPS) is 11.1. The number of para-hydroxylation sites is 1. The number of rotatable bonds is 5. The Balaban J connectivity index is 1.61. The Labute approximate surface area is 149 Å². The molecule has 4 rings (SSSR count). The van der Waals surface area contributed by atoms with Crippen molar-refractivity contribution in [2.24, 2.45) is 5.10 Å². The Morgan fingerprint density at radius 1 is 1.12 bits per heavy atom. The number of ether oxygens (including phenoxy) is 1. The molecule has 0 atom stereocenters. The van der Waals surface area contributed by atoms with Gasteiger partial charge in [-0.25, -0.2) is 19.6 Å². The molecule has 128 valence electrons. The van der Waals surface area contributed by atoms with Gasteiger partial charge in [-0.3, -0.25) is 5.43 Å². The molecule has 0 amide bonds. The van der Waals surface area contributed by atoms with E-state index in [0.29, 0.717) is 17.3 Å². The molecule has 1 aromatic carbocycles. The fourth-order valence-corrected chi connectivity index (χ4v) is 2.48. The number of aromatic nitrogens is 5. The van der Waals surface area contributed by atoms with Crippen LogP contribution in [0.1, 0.15) is 5.56 Å². The Morgan fingerprint density at radius 2 is 2.00 bits per heavy atom. The molecule has 8 nitrogen and oxygen atoms in total. The zero-order valence-corrected chi connectivity index (χ0v) is 13.9. The van der Waals surface area contributed by atoms with E-state index in [1.807, 2.05) is 36.4 Å². The van der Waals surface area contributed by atoms with Crippen molar-refractivity contribution in [1.82, 2.24) is 24.7 Å². The monoisotopic (exact) mass is 345 g/mol. The first-order valence-electron chi connectivity index (χ1n) is 7.88. The Kier molecular flexibility index (Phi) is 4.21. The molecule has 3 aromatic heterocycles. The van der Waals surface area contributed by atoms with Gasteiger partial charge in [0.1, 0.15) is 6.33 Å². The number of nitrogens with zero attached hydrogens (tertiary/aromatic N) is 6. The fraction of sp³-hybridized carbons (Fsp3) is 0.0556. The highest BCUT2D eigenvalue weighted by Crippen LogP contribution is 2.21. The van der Waals surface area contributed by atoms with Crippen LogP contribution in [0.4, 0.5) is 5.82 Å². The predicted octanol–water partition coefficient (Wildman–Crippen LogP) is 2.67. The second kappa shape index (κ2) is 6.98. The second-order valence-electron chi connectivity index (χ2n) is 5.35. The van der Waals surface area contributed by atoms with E-state index < -0.39 is 0 Å². The molecule has 1 N–H and O–H groups in total. The van der Waals surface area contributed by atoms with Crippen LogP contribution in [0, 0.1) is 0 Å².